The number of nitrogens with zero attached hydrogens (tertiary/aromatic N) is 3. The van der Waals surface area contributed by atoms with Crippen LogP contribution in [-0.4, -0.2) is 35.6 Å². The maximum atomic E-state index is 11.4. The van der Waals surface area contributed by atoms with Crippen molar-refractivity contribution >= 4 is 28.0 Å². The molecule has 9 heteroatoms. The van der Waals surface area contributed by atoms with Gasteiger partial charge in [-0.05, 0) is 33.6 Å². The minimum absolute atomic E-state index is 0.304. The van der Waals surface area contributed by atoms with Crippen LogP contribution < -0.4 is 20.6 Å². The fraction of sp³-hybridized carbons (Fsp3) is 0.375. The van der Waals surface area contributed by atoms with Gasteiger partial charge in [0.05, 0.1) is 24.9 Å². The fourth-order valence-electron chi connectivity index (χ4n) is 2.12. The summed E-state index contributed by atoms with van der Waals surface area (Å²) in [4.78, 5) is 15.3. The van der Waals surface area contributed by atoms with E-state index in [1.54, 1.807) is 26.5 Å². The number of H-pyrrole nitrogens is 1. The highest BCUT2D eigenvalue weighted by molar-refractivity contribution is 9.10. The Morgan fingerprint density at radius 3 is 2.60 bits per heavy atom. The molecule has 0 spiro atoms. The van der Waals surface area contributed by atoms with Crippen molar-refractivity contribution in [1.82, 2.24) is 15.2 Å². The Bertz CT molecular complexity index is 843. The van der Waals surface area contributed by atoms with E-state index in [0.29, 0.717) is 23.0 Å². The number of aromatic nitrogens is 3. The lowest BCUT2D eigenvalue weighted by molar-refractivity contribution is 0.353. The monoisotopic (exact) mass is 409 g/mol. The second kappa shape index (κ2) is 7.64. The van der Waals surface area contributed by atoms with Crippen LogP contribution in [0.4, 0.5) is 5.82 Å². The zero-order chi connectivity index (χ0) is 18.6. The number of hydrazone groups is 1. The lowest BCUT2D eigenvalue weighted by atomic mass is 9.92. The van der Waals surface area contributed by atoms with E-state index in [2.05, 4.69) is 41.6 Å². The molecule has 0 fully saturated rings. The molecule has 0 aliphatic heterocycles. The molecule has 1 aromatic carbocycles. The van der Waals surface area contributed by atoms with Gasteiger partial charge in [0.1, 0.15) is 5.69 Å². The number of anilines is 1. The highest BCUT2D eigenvalue weighted by Crippen LogP contribution is 2.35. The van der Waals surface area contributed by atoms with E-state index in [0.717, 1.165) is 10.0 Å². The van der Waals surface area contributed by atoms with Crippen LogP contribution >= 0.6 is 15.9 Å². The second-order valence-corrected chi connectivity index (χ2v) is 7.05. The molecule has 0 saturated heterocycles. The molecule has 134 valence electrons. The van der Waals surface area contributed by atoms with Crippen LogP contribution in [0.1, 0.15) is 32.0 Å². The average molecular weight is 410 g/mol. The standard InChI is InChI=1S/C16H20BrN5O3/c1-16(2,3)13-14(19-15(23)22-20-13)21-18-8-9-6-10(17)12(25-5)11(7-9)24-4/h6-8H,1-5H3,(H2,19,21,22,23)/b18-8+. The molecule has 0 saturated carbocycles. The Kier molecular flexibility index (Phi) is 5.78. The molecule has 2 rings (SSSR count). The van der Waals surface area contributed by atoms with Gasteiger partial charge >= 0.3 is 5.69 Å². The summed E-state index contributed by atoms with van der Waals surface area (Å²) < 4.78 is 11.3. The number of benzene rings is 1. The first kappa shape index (κ1) is 18.9. The molecule has 0 aliphatic carbocycles. The third-order valence-electron chi connectivity index (χ3n) is 3.25. The van der Waals surface area contributed by atoms with Crippen molar-refractivity contribution in [3.63, 3.8) is 0 Å². The summed E-state index contributed by atoms with van der Waals surface area (Å²) in [5.41, 5.74) is 3.32. The van der Waals surface area contributed by atoms with Gasteiger partial charge in [-0.1, -0.05) is 20.8 Å². The number of nitrogens with one attached hydrogen (secondary N) is 2. The molecular weight excluding hydrogens is 390 g/mol. The summed E-state index contributed by atoms with van der Waals surface area (Å²) in [7, 11) is 3.13. The van der Waals surface area contributed by atoms with E-state index in [1.165, 1.54) is 0 Å². The van der Waals surface area contributed by atoms with Crippen LogP contribution in [0.25, 0.3) is 0 Å². The number of aromatic amines is 1. The Hall–Kier alpha value is -2.42. The molecule has 0 aliphatic rings. The van der Waals surface area contributed by atoms with Crippen LogP contribution in [0.3, 0.4) is 0 Å². The van der Waals surface area contributed by atoms with E-state index in [4.69, 9.17) is 9.47 Å². The maximum Gasteiger partial charge on any atom is 0.363 e. The van der Waals surface area contributed by atoms with Crippen LogP contribution in [0.5, 0.6) is 11.5 Å². The van der Waals surface area contributed by atoms with E-state index < -0.39 is 5.69 Å². The molecule has 25 heavy (non-hydrogen) atoms. The third kappa shape index (κ3) is 4.56. The van der Waals surface area contributed by atoms with Gasteiger partial charge in [0.15, 0.2) is 17.3 Å². The number of rotatable bonds is 5. The van der Waals surface area contributed by atoms with Crippen molar-refractivity contribution in [2.24, 2.45) is 5.10 Å². The van der Waals surface area contributed by atoms with Gasteiger partial charge in [0, 0.05) is 5.41 Å². The highest BCUT2D eigenvalue weighted by Gasteiger charge is 2.21. The summed E-state index contributed by atoms with van der Waals surface area (Å²) >= 11 is 3.43. The van der Waals surface area contributed by atoms with Crippen LogP contribution in [-0.2, 0) is 5.41 Å². The van der Waals surface area contributed by atoms with Gasteiger partial charge in [-0.2, -0.15) is 15.2 Å². The third-order valence-corrected chi connectivity index (χ3v) is 3.84. The Labute approximate surface area is 153 Å². The molecule has 1 aromatic heterocycles. The van der Waals surface area contributed by atoms with Crippen molar-refractivity contribution in [2.75, 3.05) is 19.6 Å². The molecule has 0 radical (unpaired) electrons. The topological polar surface area (TPSA) is 101 Å². The van der Waals surface area contributed by atoms with Gasteiger partial charge in [0.2, 0.25) is 0 Å². The molecule has 0 bridgehead atoms. The second-order valence-electron chi connectivity index (χ2n) is 6.20. The van der Waals surface area contributed by atoms with Crippen molar-refractivity contribution in [1.29, 1.82) is 0 Å². The first-order valence-corrected chi connectivity index (χ1v) is 8.23. The number of hydrogen-bond acceptors (Lipinski definition) is 7. The van der Waals surface area contributed by atoms with Gasteiger partial charge in [-0.15, -0.1) is 0 Å². The van der Waals surface area contributed by atoms with Crippen molar-refractivity contribution in [3.8, 4) is 11.5 Å². The van der Waals surface area contributed by atoms with Gasteiger partial charge < -0.3 is 9.47 Å². The van der Waals surface area contributed by atoms with E-state index in [1.807, 2.05) is 26.8 Å². The lowest BCUT2D eigenvalue weighted by Gasteiger charge is -2.18. The number of hydrogen-bond donors (Lipinski definition) is 2. The Morgan fingerprint density at radius 1 is 1.28 bits per heavy atom. The van der Waals surface area contributed by atoms with E-state index in [-0.39, 0.29) is 5.41 Å². The molecule has 8 nitrogen and oxygen atoms in total. The zero-order valence-corrected chi connectivity index (χ0v) is 16.3. The zero-order valence-electron chi connectivity index (χ0n) is 14.7. The Balaban J connectivity index is 2.29. The van der Waals surface area contributed by atoms with E-state index >= 15 is 0 Å². The predicted octanol–water partition coefficient (Wildman–Crippen LogP) is 2.69. The van der Waals surface area contributed by atoms with Crippen LogP contribution in [0, 0.1) is 0 Å². The summed E-state index contributed by atoms with van der Waals surface area (Å²) in [5.74, 6) is 1.49. The summed E-state index contributed by atoms with van der Waals surface area (Å²) in [6.07, 6.45) is 1.59. The molecular formula is C16H20BrN5O3. The fourth-order valence-corrected chi connectivity index (χ4v) is 2.74. The van der Waals surface area contributed by atoms with Gasteiger partial charge in [0.25, 0.3) is 0 Å². The Morgan fingerprint density at radius 2 is 2.00 bits per heavy atom. The molecule has 0 atom stereocenters. The highest BCUT2D eigenvalue weighted by atomic mass is 79.9. The molecule has 2 N–H and O–H groups in total. The number of halogens is 1. The van der Waals surface area contributed by atoms with Gasteiger partial charge in [-0.25, -0.2) is 9.89 Å². The van der Waals surface area contributed by atoms with Crippen molar-refractivity contribution in [3.05, 3.63) is 38.3 Å². The summed E-state index contributed by atoms with van der Waals surface area (Å²) in [6, 6.07) is 3.61. The normalized spacial score (nSPS) is 11.6. The summed E-state index contributed by atoms with van der Waals surface area (Å²) in [5, 5.41) is 10.6. The minimum atomic E-state index is -0.542. The quantitative estimate of drug-likeness (QED) is 0.581. The average Bonchev–Trinajstić information content (AvgIpc) is 2.53. The number of ether oxygens (including phenoxy) is 2. The van der Waals surface area contributed by atoms with Crippen LogP contribution in [0.15, 0.2) is 26.5 Å². The summed E-state index contributed by atoms with van der Waals surface area (Å²) in [6.45, 7) is 5.90. The van der Waals surface area contributed by atoms with Gasteiger partial charge in [-0.3, -0.25) is 5.43 Å². The minimum Gasteiger partial charge on any atom is -0.493 e. The predicted molar refractivity (Wildman–Crippen MR) is 99.8 cm³/mol. The lowest BCUT2D eigenvalue weighted by Crippen LogP contribution is -2.24. The SMILES string of the molecule is COc1cc(/C=N/Nc2nc(=O)[nH]nc2C(C)(C)C)cc(Br)c1OC. The molecule has 1 heterocycles. The first-order valence-electron chi connectivity index (χ1n) is 7.44. The van der Waals surface area contributed by atoms with Crippen LogP contribution in [0.2, 0.25) is 0 Å². The maximum absolute atomic E-state index is 11.4. The number of methoxy groups -OCH3 is 2. The van der Waals surface area contributed by atoms with Crippen molar-refractivity contribution in [2.45, 2.75) is 26.2 Å². The van der Waals surface area contributed by atoms with Crippen molar-refractivity contribution < 1.29 is 9.47 Å². The molecule has 2 aromatic rings. The molecule has 0 amide bonds. The smallest absolute Gasteiger partial charge is 0.363 e. The molecule has 0 unspecified atom stereocenters. The first-order chi connectivity index (χ1) is 11.8. The largest absolute Gasteiger partial charge is 0.493 e. The van der Waals surface area contributed by atoms with E-state index in [9.17, 15) is 4.79 Å².